The van der Waals surface area contributed by atoms with E-state index in [-0.39, 0.29) is 0 Å². The molecule has 3 nitrogen and oxygen atoms in total. The van der Waals surface area contributed by atoms with Gasteiger partial charge in [-0.05, 0) is 6.07 Å². The topological polar surface area (TPSA) is 39.2 Å². The SMILES string of the molecule is c1ccc2cocc2c1.c1cnoc1. The molecule has 0 fully saturated rings. The molecule has 0 amide bonds. The van der Waals surface area contributed by atoms with E-state index in [0.717, 1.165) is 10.8 Å². The van der Waals surface area contributed by atoms with Gasteiger partial charge in [0.1, 0.15) is 6.26 Å². The van der Waals surface area contributed by atoms with Crippen molar-refractivity contribution in [2.24, 2.45) is 0 Å². The van der Waals surface area contributed by atoms with Gasteiger partial charge in [-0.2, -0.15) is 0 Å². The summed E-state index contributed by atoms with van der Waals surface area (Å²) in [4.78, 5) is 0. The van der Waals surface area contributed by atoms with Crippen LogP contribution in [0.3, 0.4) is 0 Å². The molecule has 0 N–H and O–H groups in total. The molecule has 70 valence electrons. The number of benzene rings is 1. The molecular formula is C11H9NO2. The number of fused-ring (bicyclic) bond motifs is 1. The molecular weight excluding hydrogens is 178 g/mol. The Labute approximate surface area is 80.9 Å². The van der Waals surface area contributed by atoms with E-state index in [9.17, 15) is 0 Å². The van der Waals surface area contributed by atoms with Crippen LogP contribution in [0.2, 0.25) is 0 Å². The lowest BCUT2D eigenvalue weighted by Gasteiger charge is -1.80. The van der Waals surface area contributed by atoms with Crippen molar-refractivity contribution in [3.05, 3.63) is 55.3 Å². The van der Waals surface area contributed by atoms with Gasteiger partial charge in [0, 0.05) is 10.8 Å². The summed E-state index contributed by atoms with van der Waals surface area (Å²) in [7, 11) is 0. The van der Waals surface area contributed by atoms with E-state index in [2.05, 4.69) is 9.68 Å². The predicted molar refractivity (Wildman–Crippen MR) is 52.7 cm³/mol. The van der Waals surface area contributed by atoms with E-state index < -0.39 is 0 Å². The van der Waals surface area contributed by atoms with Crippen molar-refractivity contribution in [3.8, 4) is 0 Å². The lowest BCUT2D eigenvalue weighted by Crippen LogP contribution is -1.57. The molecule has 0 bridgehead atoms. The van der Waals surface area contributed by atoms with Gasteiger partial charge in [-0.15, -0.1) is 0 Å². The van der Waals surface area contributed by atoms with Crippen LogP contribution in [0.1, 0.15) is 0 Å². The minimum atomic E-state index is 1.16. The van der Waals surface area contributed by atoms with Crippen LogP contribution < -0.4 is 0 Å². The number of furan rings is 1. The lowest BCUT2D eigenvalue weighted by atomic mass is 10.2. The Kier molecular flexibility index (Phi) is 2.62. The molecule has 3 rings (SSSR count). The zero-order valence-electron chi connectivity index (χ0n) is 7.46. The Morgan fingerprint density at radius 3 is 2.07 bits per heavy atom. The molecule has 14 heavy (non-hydrogen) atoms. The fraction of sp³-hybridized carbons (Fsp3) is 0. The highest BCUT2D eigenvalue weighted by Gasteiger charge is 1.89. The van der Waals surface area contributed by atoms with E-state index in [1.807, 2.05) is 24.3 Å². The van der Waals surface area contributed by atoms with Crippen LogP contribution in [0.15, 0.2) is 64.3 Å². The second kappa shape index (κ2) is 4.28. The van der Waals surface area contributed by atoms with Crippen LogP contribution in [0.4, 0.5) is 0 Å². The number of hydrogen-bond donors (Lipinski definition) is 0. The van der Waals surface area contributed by atoms with Gasteiger partial charge < -0.3 is 8.94 Å². The van der Waals surface area contributed by atoms with Crippen molar-refractivity contribution in [2.45, 2.75) is 0 Å². The number of nitrogens with zero attached hydrogens (tertiary/aromatic N) is 1. The van der Waals surface area contributed by atoms with Crippen molar-refractivity contribution in [1.82, 2.24) is 5.16 Å². The first-order chi connectivity index (χ1) is 6.97. The first-order valence-electron chi connectivity index (χ1n) is 4.22. The normalized spacial score (nSPS) is 9.43. The minimum Gasteiger partial charge on any atom is -0.471 e. The maximum Gasteiger partial charge on any atom is 0.123 e. The highest BCUT2D eigenvalue weighted by molar-refractivity contribution is 5.80. The van der Waals surface area contributed by atoms with Crippen molar-refractivity contribution >= 4 is 10.8 Å². The van der Waals surface area contributed by atoms with Crippen molar-refractivity contribution in [2.75, 3.05) is 0 Å². The third-order valence-electron chi connectivity index (χ3n) is 1.73. The average molecular weight is 187 g/mol. The molecule has 0 radical (unpaired) electrons. The summed E-state index contributed by atoms with van der Waals surface area (Å²) in [5.74, 6) is 0. The first kappa shape index (κ1) is 8.56. The monoisotopic (exact) mass is 187 g/mol. The van der Waals surface area contributed by atoms with Gasteiger partial charge in [-0.1, -0.05) is 29.4 Å². The highest BCUT2D eigenvalue weighted by Crippen LogP contribution is 2.12. The van der Waals surface area contributed by atoms with Gasteiger partial charge in [0.25, 0.3) is 0 Å². The van der Waals surface area contributed by atoms with Crippen LogP contribution in [0, 0.1) is 0 Å². The van der Waals surface area contributed by atoms with Crippen LogP contribution >= 0.6 is 0 Å². The van der Waals surface area contributed by atoms with Crippen LogP contribution in [-0.4, -0.2) is 5.16 Å². The summed E-state index contributed by atoms with van der Waals surface area (Å²) < 4.78 is 9.30. The maximum atomic E-state index is 4.96. The number of hydrogen-bond acceptors (Lipinski definition) is 3. The molecule has 0 aliphatic carbocycles. The molecule has 0 spiro atoms. The van der Waals surface area contributed by atoms with Crippen molar-refractivity contribution in [1.29, 1.82) is 0 Å². The summed E-state index contributed by atoms with van der Waals surface area (Å²) in [6, 6.07) is 9.77. The Bertz CT molecular complexity index is 423. The van der Waals surface area contributed by atoms with E-state index >= 15 is 0 Å². The molecule has 2 aromatic heterocycles. The second-order valence-corrected chi connectivity index (χ2v) is 2.69. The first-order valence-corrected chi connectivity index (χ1v) is 4.22. The van der Waals surface area contributed by atoms with E-state index in [1.54, 1.807) is 24.8 Å². The molecule has 0 aliphatic heterocycles. The van der Waals surface area contributed by atoms with E-state index in [4.69, 9.17) is 4.42 Å². The van der Waals surface area contributed by atoms with Gasteiger partial charge in [0.15, 0.2) is 0 Å². The van der Waals surface area contributed by atoms with Gasteiger partial charge >= 0.3 is 0 Å². The van der Waals surface area contributed by atoms with Gasteiger partial charge in [-0.25, -0.2) is 0 Å². The fourth-order valence-electron chi connectivity index (χ4n) is 1.08. The zero-order chi connectivity index (χ0) is 9.64. The summed E-state index contributed by atoms with van der Waals surface area (Å²) in [6.45, 7) is 0. The smallest absolute Gasteiger partial charge is 0.123 e. The Hall–Kier alpha value is -2.03. The Morgan fingerprint density at radius 2 is 1.64 bits per heavy atom. The second-order valence-electron chi connectivity index (χ2n) is 2.69. The number of rotatable bonds is 0. The average Bonchev–Trinajstić information content (AvgIpc) is 2.92. The van der Waals surface area contributed by atoms with Gasteiger partial charge in [0.2, 0.25) is 0 Å². The molecule has 0 saturated carbocycles. The fourth-order valence-corrected chi connectivity index (χ4v) is 1.08. The molecule has 0 saturated heterocycles. The highest BCUT2D eigenvalue weighted by atomic mass is 16.5. The van der Waals surface area contributed by atoms with Crippen LogP contribution in [0.5, 0.6) is 0 Å². The summed E-state index contributed by atoms with van der Waals surface area (Å²) in [6.07, 6.45) is 6.59. The molecule has 3 heteroatoms. The molecule has 1 aromatic carbocycles. The maximum absolute atomic E-state index is 4.96. The third kappa shape index (κ3) is 2.01. The number of aromatic nitrogens is 1. The molecule has 2 heterocycles. The zero-order valence-corrected chi connectivity index (χ0v) is 7.46. The summed E-state index contributed by atoms with van der Waals surface area (Å²) in [5.41, 5.74) is 0. The van der Waals surface area contributed by atoms with Crippen molar-refractivity contribution < 1.29 is 8.94 Å². The Balaban J connectivity index is 0.000000128. The molecule has 0 atom stereocenters. The van der Waals surface area contributed by atoms with Gasteiger partial charge in [0.05, 0.1) is 18.7 Å². The standard InChI is InChI=1S/C8H6O.C3H3NO/c1-2-4-8-6-9-5-7(8)3-1;1-2-4-5-3-1/h1-6H;1-3H. The van der Waals surface area contributed by atoms with Crippen molar-refractivity contribution in [3.63, 3.8) is 0 Å². The van der Waals surface area contributed by atoms with E-state index in [1.165, 1.54) is 6.26 Å². The summed E-state index contributed by atoms with van der Waals surface area (Å²) in [5, 5.41) is 5.68. The third-order valence-corrected chi connectivity index (χ3v) is 1.73. The minimum absolute atomic E-state index is 1.16. The predicted octanol–water partition coefficient (Wildman–Crippen LogP) is 3.11. The van der Waals surface area contributed by atoms with Crippen LogP contribution in [-0.2, 0) is 0 Å². The Morgan fingerprint density at radius 1 is 0.929 bits per heavy atom. The lowest BCUT2D eigenvalue weighted by molar-refractivity contribution is 0.420. The molecule has 0 aliphatic rings. The van der Waals surface area contributed by atoms with E-state index in [0.29, 0.717) is 0 Å². The van der Waals surface area contributed by atoms with Gasteiger partial charge in [-0.3, -0.25) is 0 Å². The molecule has 3 aromatic rings. The molecule has 0 unspecified atom stereocenters. The summed E-state index contributed by atoms with van der Waals surface area (Å²) >= 11 is 0. The largest absolute Gasteiger partial charge is 0.471 e. The van der Waals surface area contributed by atoms with Crippen LogP contribution in [0.25, 0.3) is 10.8 Å². The quantitative estimate of drug-likeness (QED) is 0.542.